The lowest BCUT2D eigenvalue weighted by molar-refractivity contribution is -0.314. The van der Waals surface area contributed by atoms with Gasteiger partial charge in [0.1, 0.15) is 12.4 Å². The van der Waals surface area contributed by atoms with Crippen LogP contribution in [-0.2, 0) is 16.6 Å². The molecule has 2 aliphatic heterocycles. The largest absolute Gasteiger partial charge is 0.549 e. The molecular formula is C22H22NO4-. The molecule has 2 heterocycles. The van der Waals surface area contributed by atoms with Crippen LogP contribution in [0.25, 0.3) is 0 Å². The molecule has 0 saturated carbocycles. The number of carboxylic acids is 1. The van der Waals surface area contributed by atoms with E-state index in [-0.39, 0.29) is 12.5 Å². The van der Waals surface area contributed by atoms with Gasteiger partial charge in [-0.3, -0.25) is 4.79 Å². The van der Waals surface area contributed by atoms with Crippen molar-refractivity contribution in [3.63, 3.8) is 0 Å². The van der Waals surface area contributed by atoms with Crippen molar-refractivity contribution < 1.29 is 19.4 Å². The van der Waals surface area contributed by atoms with Gasteiger partial charge in [0.15, 0.2) is 0 Å². The first-order valence-electron chi connectivity index (χ1n) is 9.42. The van der Waals surface area contributed by atoms with Gasteiger partial charge in [-0.2, -0.15) is 0 Å². The molecule has 2 aromatic rings. The smallest absolute Gasteiger partial charge is 0.253 e. The van der Waals surface area contributed by atoms with E-state index in [1.807, 2.05) is 35.2 Å². The van der Waals surface area contributed by atoms with Crippen LogP contribution in [0.4, 0.5) is 0 Å². The average molecular weight is 364 g/mol. The number of hydrogen-bond acceptors (Lipinski definition) is 4. The normalized spacial score (nSPS) is 21.4. The molecule has 1 amide bonds. The van der Waals surface area contributed by atoms with Crippen molar-refractivity contribution in [2.45, 2.75) is 31.1 Å². The summed E-state index contributed by atoms with van der Waals surface area (Å²) >= 11 is 0. The summed E-state index contributed by atoms with van der Waals surface area (Å²) in [5.41, 5.74) is 0.807. The van der Waals surface area contributed by atoms with Crippen LogP contribution in [0.15, 0.2) is 48.5 Å². The van der Waals surface area contributed by atoms with Crippen LogP contribution in [-0.4, -0.2) is 36.5 Å². The summed E-state index contributed by atoms with van der Waals surface area (Å²) in [6, 6.07) is 14.6. The highest BCUT2D eigenvalue weighted by molar-refractivity contribution is 5.95. The van der Waals surface area contributed by atoms with Crippen LogP contribution in [0, 0.1) is 0 Å². The first-order chi connectivity index (χ1) is 13.1. The Morgan fingerprint density at radius 1 is 1.04 bits per heavy atom. The van der Waals surface area contributed by atoms with Crippen molar-refractivity contribution in [3.8, 4) is 5.75 Å². The maximum atomic E-state index is 12.7. The topological polar surface area (TPSA) is 69.7 Å². The Labute approximate surface area is 158 Å². The third-order valence-corrected chi connectivity index (χ3v) is 5.60. The zero-order chi connectivity index (χ0) is 18.9. The van der Waals surface area contributed by atoms with Crippen LogP contribution in [0.2, 0.25) is 0 Å². The number of carbonyl (C=O) groups excluding carboxylic acids is 2. The summed E-state index contributed by atoms with van der Waals surface area (Å²) in [6.45, 7) is 1.56. The Morgan fingerprint density at radius 3 is 2.48 bits per heavy atom. The Balaban J connectivity index is 1.64. The van der Waals surface area contributed by atoms with E-state index in [2.05, 4.69) is 0 Å². The van der Waals surface area contributed by atoms with E-state index in [1.165, 1.54) is 0 Å². The van der Waals surface area contributed by atoms with Crippen molar-refractivity contribution in [3.05, 3.63) is 65.2 Å². The second-order valence-corrected chi connectivity index (χ2v) is 7.38. The fourth-order valence-electron chi connectivity index (χ4n) is 4.06. The Hall–Kier alpha value is -2.82. The van der Waals surface area contributed by atoms with Crippen LogP contribution in [0.3, 0.4) is 0 Å². The Kier molecular flexibility index (Phi) is 4.60. The fourth-order valence-corrected chi connectivity index (χ4v) is 4.06. The molecule has 5 heteroatoms. The van der Waals surface area contributed by atoms with E-state index < -0.39 is 11.4 Å². The molecule has 1 fully saturated rings. The maximum absolute atomic E-state index is 12.7. The number of hydrogen-bond donors (Lipinski definition) is 0. The molecular weight excluding hydrogens is 342 g/mol. The van der Waals surface area contributed by atoms with Crippen molar-refractivity contribution in [1.82, 2.24) is 4.90 Å². The molecule has 0 N–H and O–H groups in total. The molecule has 0 radical (unpaired) electrons. The maximum Gasteiger partial charge on any atom is 0.253 e. The number of fused-ring (bicyclic) bond motifs is 1. The molecule has 1 saturated heterocycles. The fraction of sp³-hybridized carbons (Fsp3) is 0.364. The first kappa shape index (κ1) is 17.6. The summed E-state index contributed by atoms with van der Waals surface area (Å²) in [4.78, 5) is 26.7. The standard InChI is InChI=1S/C22H23NO4/c24-20(23-11-5-2-6-12-23)17-9-10-18-19(13-17)27-15-22(18,21(25)26)14-16-7-3-1-4-8-16/h1,3-4,7-10,13H,2,5-6,11-12,14-15H2,(H,25,26)/p-1/t22-/m1/s1. The minimum Gasteiger partial charge on any atom is -0.549 e. The molecule has 0 aliphatic carbocycles. The number of rotatable bonds is 4. The third-order valence-electron chi connectivity index (χ3n) is 5.60. The number of carboxylic acid groups (broad SMARTS) is 1. The van der Waals surface area contributed by atoms with Crippen molar-refractivity contribution in [2.24, 2.45) is 0 Å². The molecule has 0 unspecified atom stereocenters. The van der Waals surface area contributed by atoms with E-state index >= 15 is 0 Å². The summed E-state index contributed by atoms with van der Waals surface area (Å²) in [5.74, 6) is -0.701. The number of benzene rings is 2. The highest BCUT2D eigenvalue weighted by Gasteiger charge is 2.42. The Morgan fingerprint density at radius 2 is 1.78 bits per heavy atom. The second-order valence-electron chi connectivity index (χ2n) is 7.38. The molecule has 140 valence electrons. The van der Waals surface area contributed by atoms with E-state index in [0.717, 1.165) is 37.9 Å². The van der Waals surface area contributed by atoms with Gasteiger partial charge in [-0.1, -0.05) is 36.4 Å². The van der Waals surface area contributed by atoms with Gasteiger partial charge >= 0.3 is 0 Å². The number of ether oxygens (including phenoxy) is 1. The van der Waals surface area contributed by atoms with E-state index in [1.54, 1.807) is 18.2 Å². The highest BCUT2D eigenvalue weighted by Crippen LogP contribution is 2.41. The van der Waals surface area contributed by atoms with Gasteiger partial charge in [-0.15, -0.1) is 0 Å². The molecule has 0 aromatic heterocycles. The molecule has 5 nitrogen and oxygen atoms in total. The summed E-state index contributed by atoms with van der Waals surface area (Å²) in [6.07, 6.45) is 3.50. The molecule has 2 aliphatic rings. The molecule has 0 bridgehead atoms. The highest BCUT2D eigenvalue weighted by atomic mass is 16.5. The van der Waals surface area contributed by atoms with Gasteiger partial charge in [0.2, 0.25) is 0 Å². The lowest BCUT2D eigenvalue weighted by Gasteiger charge is -2.29. The van der Waals surface area contributed by atoms with E-state index in [9.17, 15) is 14.7 Å². The second kappa shape index (κ2) is 7.06. The van der Waals surface area contributed by atoms with Gasteiger partial charge in [0.25, 0.3) is 5.91 Å². The minimum absolute atomic E-state index is 0.0148. The Bertz CT molecular complexity index is 858. The molecule has 0 spiro atoms. The minimum atomic E-state index is -1.23. The van der Waals surface area contributed by atoms with Crippen LogP contribution >= 0.6 is 0 Å². The quantitative estimate of drug-likeness (QED) is 0.831. The summed E-state index contributed by atoms with van der Waals surface area (Å²) < 4.78 is 5.73. The number of nitrogens with zero attached hydrogens (tertiary/aromatic N) is 1. The van der Waals surface area contributed by atoms with Crippen molar-refractivity contribution in [1.29, 1.82) is 0 Å². The van der Waals surface area contributed by atoms with Crippen molar-refractivity contribution in [2.75, 3.05) is 19.7 Å². The molecule has 1 atom stereocenters. The van der Waals surface area contributed by atoms with Crippen LogP contribution in [0.1, 0.15) is 40.7 Å². The summed E-state index contributed by atoms with van der Waals surface area (Å²) in [5, 5.41) is 12.1. The van der Waals surface area contributed by atoms with Crippen molar-refractivity contribution >= 4 is 11.9 Å². The third kappa shape index (κ3) is 3.18. The average Bonchev–Trinajstić information content (AvgIpc) is 3.08. The monoisotopic (exact) mass is 364 g/mol. The first-order valence-corrected chi connectivity index (χ1v) is 9.42. The zero-order valence-electron chi connectivity index (χ0n) is 15.1. The predicted molar refractivity (Wildman–Crippen MR) is 98.5 cm³/mol. The van der Waals surface area contributed by atoms with Crippen LogP contribution < -0.4 is 9.84 Å². The van der Waals surface area contributed by atoms with Gasteiger partial charge in [0, 0.05) is 24.2 Å². The van der Waals surface area contributed by atoms with E-state index in [0.29, 0.717) is 23.3 Å². The number of carbonyl (C=O) groups is 2. The van der Waals surface area contributed by atoms with Gasteiger partial charge < -0.3 is 19.5 Å². The van der Waals surface area contributed by atoms with E-state index in [4.69, 9.17) is 4.74 Å². The summed E-state index contributed by atoms with van der Waals surface area (Å²) in [7, 11) is 0. The van der Waals surface area contributed by atoms with Gasteiger partial charge in [-0.25, -0.2) is 0 Å². The van der Waals surface area contributed by atoms with Crippen LogP contribution in [0.5, 0.6) is 5.75 Å². The number of piperidine rings is 1. The lowest BCUT2D eigenvalue weighted by Crippen LogP contribution is -2.48. The predicted octanol–water partition coefficient (Wildman–Crippen LogP) is 1.94. The number of aliphatic carboxylic acids is 1. The zero-order valence-corrected chi connectivity index (χ0v) is 15.1. The SMILES string of the molecule is O=C(c1ccc2c(c1)OC[C@@]2(Cc1ccccc1)C(=O)[O-])N1CCCCC1. The number of amides is 1. The lowest BCUT2D eigenvalue weighted by atomic mass is 9.77. The molecule has 4 rings (SSSR count). The number of likely N-dealkylation sites (tertiary alicyclic amines) is 1. The van der Waals surface area contributed by atoms with Gasteiger partial charge in [-0.05, 0) is 43.4 Å². The van der Waals surface area contributed by atoms with Gasteiger partial charge in [0.05, 0.1) is 11.4 Å². The molecule has 2 aromatic carbocycles. The molecule has 27 heavy (non-hydrogen) atoms.